The summed E-state index contributed by atoms with van der Waals surface area (Å²) in [4.78, 5) is 42.5. The highest BCUT2D eigenvalue weighted by Crippen LogP contribution is 2.41. The number of ether oxygens (including phenoxy) is 1. The van der Waals surface area contributed by atoms with Crippen LogP contribution in [0, 0.1) is 12.8 Å². The molecule has 4 N–H and O–H groups in total. The zero-order valence-electron chi connectivity index (χ0n) is 23.8. The van der Waals surface area contributed by atoms with Gasteiger partial charge in [-0.1, -0.05) is 25.1 Å². The van der Waals surface area contributed by atoms with Gasteiger partial charge in [0, 0.05) is 18.5 Å². The van der Waals surface area contributed by atoms with Crippen molar-refractivity contribution in [1.82, 2.24) is 15.5 Å². The van der Waals surface area contributed by atoms with Crippen LogP contribution >= 0.6 is 0 Å². The number of aryl methyl sites for hydroxylation is 1. The van der Waals surface area contributed by atoms with Crippen LogP contribution in [0.2, 0.25) is 0 Å². The summed E-state index contributed by atoms with van der Waals surface area (Å²) in [5.74, 6) is -0.419. The third kappa shape index (κ3) is 8.12. The van der Waals surface area contributed by atoms with Crippen molar-refractivity contribution in [3.8, 4) is 11.5 Å². The highest BCUT2D eigenvalue weighted by Gasteiger charge is 2.48. The first-order valence-corrected chi connectivity index (χ1v) is 13.4. The third-order valence-electron chi connectivity index (χ3n) is 6.54. The van der Waals surface area contributed by atoms with Crippen LogP contribution in [0.3, 0.4) is 0 Å². The molecule has 9 nitrogen and oxygen atoms in total. The Morgan fingerprint density at radius 2 is 1.67 bits per heavy atom. The average Bonchev–Trinajstić information content (AvgIpc) is 3.53. The maximum absolute atomic E-state index is 14.4. The second-order valence-electron chi connectivity index (χ2n) is 11.7. The molecule has 4 atom stereocenters. The monoisotopic (exact) mass is 539 g/mol. The Bertz CT molecular complexity index is 1190. The number of phenols is 2. The summed E-state index contributed by atoms with van der Waals surface area (Å²) in [5.41, 5.74) is 1.09. The molecule has 1 aliphatic rings. The molecule has 0 radical (unpaired) electrons. The third-order valence-corrected chi connectivity index (χ3v) is 6.54. The van der Waals surface area contributed by atoms with Gasteiger partial charge >= 0.3 is 6.09 Å². The van der Waals surface area contributed by atoms with Crippen molar-refractivity contribution in [2.45, 2.75) is 91.1 Å². The SMILES string of the molecule is Cc1cc(C(C(=O)NC(C)C)N(C(=O)C(Cc2ccc(O)cc2)NC(=O)OC(C)(C)C)C2CC2C)ccc1O. The average molecular weight is 540 g/mol. The molecule has 39 heavy (non-hydrogen) atoms. The summed E-state index contributed by atoms with van der Waals surface area (Å²) in [6, 6.07) is 8.89. The number of carbonyl (C=O) groups excluding carboxylic acids is 3. The number of amides is 3. The summed E-state index contributed by atoms with van der Waals surface area (Å²) < 4.78 is 5.46. The minimum Gasteiger partial charge on any atom is -0.508 e. The van der Waals surface area contributed by atoms with Crippen LogP contribution in [0.15, 0.2) is 42.5 Å². The van der Waals surface area contributed by atoms with Crippen molar-refractivity contribution in [2.75, 3.05) is 0 Å². The molecule has 2 aromatic rings. The van der Waals surface area contributed by atoms with Gasteiger partial charge in [0.25, 0.3) is 0 Å². The number of hydrogen-bond acceptors (Lipinski definition) is 6. The normalized spacial score (nSPS) is 18.2. The Morgan fingerprint density at radius 3 is 2.18 bits per heavy atom. The molecule has 0 saturated heterocycles. The van der Waals surface area contributed by atoms with E-state index < -0.39 is 29.7 Å². The minimum atomic E-state index is -1.04. The molecule has 1 fully saturated rings. The van der Waals surface area contributed by atoms with E-state index in [9.17, 15) is 24.6 Å². The number of rotatable bonds is 9. The van der Waals surface area contributed by atoms with Crippen LogP contribution in [0.1, 0.15) is 70.7 Å². The molecule has 3 rings (SSSR count). The lowest BCUT2D eigenvalue weighted by Gasteiger charge is -2.35. The Hall–Kier alpha value is -3.75. The number of nitrogens with one attached hydrogen (secondary N) is 2. The van der Waals surface area contributed by atoms with E-state index in [1.54, 1.807) is 56.9 Å². The maximum atomic E-state index is 14.4. The second kappa shape index (κ2) is 12.0. The predicted octanol–water partition coefficient (Wildman–Crippen LogP) is 4.34. The van der Waals surface area contributed by atoms with E-state index in [2.05, 4.69) is 10.6 Å². The molecular formula is C30H41N3O6. The van der Waals surface area contributed by atoms with Crippen LogP contribution in [0.4, 0.5) is 4.79 Å². The van der Waals surface area contributed by atoms with Crippen LogP contribution < -0.4 is 10.6 Å². The van der Waals surface area contributed by atoms with E-state index in [1.807, 2.05) is 20.8 Å². The Balaban J connectivity index is 2.06. The number of benzene rings is 2. The van der Waals surface area contributed by atoms with Gasteiger partial charge < -0.3 is 30.5 Å². The first kappa shape index (κ1) is 29.8. The van der Waals surface area contributed by atoms with E-state index >= 15 is 0 Å². The zero-order valence-corrected chi connectivity index (χ0v) is 23.8. The fourth-order valence-corrected chi connectivity index (χ4v) is 4.52. The van der Waals surface area contributed by atoms with E-state index in [-0.39, 0.29) is 41.8 Å². The zero-order chi connectivity index (χ0) is 29.1. The van der Waals surface area contributed by atoms with Crippen LogP contribution in [-0.2, 0) is 20.7 Å². The van der Waals surface area contributed by atoms with E-state index in [0.717, 1.165) is 5.56 Å². The molecule has 3 amide bonds. The first-order valence-electron chi connectivity index (χ1n) is 13.4. The molecule has 1 saturated carbocycles. The quantitative estimate of drug-likeness (QED) is 0.375. The minimum absolute atomic E-state index is 0.0864. The Kier molecular flexibility index (Phi) is 9.14. The Labute approximate surface area is 230 Å². The van der Waals surface area contributed by atoms with Gasteiger partial charge in [0.05, 0.1) is 0 Å². The lowest BCUT2D eigenvalue weighted by molar-refractivity contribution is -0.143. The van der Waals surface area contributed by atoms with Crippen molar-refractivity contribution < 1.29 is 29.3 Å². The Morgan fingerprint density at radius 1 is 1.05 bits per heavy atom. The van der Waals surface area contributed by atoms with Gasteiger partial charge in [-0.3, -0.25) is 9.59 Å². The van der Waals surface area contributed by atoms with E-state index in [0.29, 0.717) is 17.5 Å². The number of aromatic hydroxyl groups is 2. The second-order valence-corrected chi connectivity index (χ2v) is 11.7. The summed E-state index contributed by atoms with van der Waals surface area (Å²) in [6.45, 7) is 12.7. The van der Waals surface area contributed by atoms with Crippen molar-refractivity contribution in [3.05, 3.63) is 59.2 Å². The highest BCUT2D eigenvalue weighted by molar-refractivity contribution is 5.93. The number of alkyl carbamates (subject to hydrolysis) is 1. The molecular weight excluding hydrogens is 498 g/mol. The highest BCUT2D eigenvalue weighted by atomic mass is 16.6. The molecule has 0 spiro atoms. The van der Waals surface area contributed by atoms with E-state index in [1.165, 1.54) is 18.2 Å². The lowest BCUT2D eigenvalue weighted by atomic mass is 9.98. The molecule has 0 aromatic heterocycles. The predicted molar refractivity (Wildman–Crippen MR) is 148 cm³/mol. The molecule has 9 heteroatoms. The topological polar surface area (TPSA) is 128 Å². The van der Waals surface area contributed by atoms with Crippen LogP contribution in [0.25, 0.3) is 0 Å². The van der Waals surface area contributed by atoms with Crippen molar-refractivity contribution in [1.29, 1.82) is 0 Å². The molecule has 0 aliphatic heterocycles. The number of phenolic OH excluding ortho intramolecular Hbond substituents is 2. The maximum Gasteiger partial charge on any atom is 0.408 e. The van der Waals surface area contributed by atoms with Crippen molar-refractivity contribution in [3.63, 3.8) is 0 Å². The largest absolute Gasteiger partial charge is 0.508 e. The van der Waals surface area contributed by atoms with E-state index in [4.69, 9.17) is 4.74 Å². The van der Waals surface area contributed by atoms with Gasteiger partial charge in [-0.15, -0.1) is 0 Å². The summed E-state index contributed by atoms with van der Waals surface area (Å²) in [5, 5.41) is 25.5. The fraction of sp³-hybridized carbons (Fsp3) is 0.500. The van der Waals surface area contributed by atoms with Gasteiger partial charge in [0.2, 0.25) is 11.8 Å². The standard InChI is InChI=1S/C30H41N3O6/c1-17(2)31-27(36)26(21-10-13-25(35)19(4)14-21)33(24-15-18(24)3)28(37)23(32-29(38)39-30(5,6)7)16-20-8-11-22(34)12-9-20/h8-14,17-18,23-24,26,34-35H,15-16H2,1-7H3,(H,31,36)(H,32,38). The summed E-state index contributed by atoms with van der Waals surface area (Å²) in [6.07, 6.45) is 0.0995. The van der Waals surface area contributed by atoms with Gasteiger partial charge in [-0.2, -0.15) is 0 Å². The lowest BCUT2D eigenvalue weighted by Crippen LogP contribution is -2.55. The molecule has 212 valence electrons. The number of carbonyl (C=O) groups is 3. The summed E-state index contributed by atoms with van der Waals surface area (Å²) >= 11 is 0. The van der Waals surface area contributed by atoms with Gasteiger partial charge in [0.1, 0.15) is 29.2 Å². The smallest absolute Gasteiger partial charge is 0.408 e. The molecule has 0 bridgehead atoms. The molecule has 0 heterocycles. The van der Waals surface area contributed by atoms with Gasteiger partial charge in [-0.25, -0.2) is 4.79 Å². The van der Waals surface area contributed by atoms with Crippen molar-refractivity contribution >= 4 is 17.9 Å². The van der Waals surface area contributed by atoms with Gasteiger partial charge in [0.15, 0.2) is 0 Å². The van der Waals surface area contributed by atoms with Crippen LogP contribution in [-0.4, -0.2) is 56.7 Å². The first-order chi connectivity index (χ1) is 18.2. The number of nitrogens with zero attached hydrogens (tertiary/aromatic N) is 1. The molecule has 2 aromatic carbocycles. The number of hydrogen-bond donors (Lipinski definition) is 4. The molecule has 1 aliphatic carbocycles. The molecule has 4 unspecified atom stereocenters. The fourth-order valence-electron chi connectivity index (χ4n) is 4.52. The summed E-state index contributed by atoms with van der Waals surface area (Å²) in [7, 11) is 0. The van der Waals surface area contributed by atoms with Crippen LogP contribution in [0.5, 0.6) is 11.5 Å². The van der Waals surface area contributed by atoms with Gasteiger partial charge in [-0.05, 0) is 94.8 Å². The van der Waals surface area contributed by atoms with Crippen molar-refractivity contribution in [2.24, 2.45) is 5.92 Å².